The van der Waals surface area contributed by atoms with E-state index in [9.17, 15) is 4.79 Å². The summed E-state index contributed by atoms with van der Waals surface area (Å²) in [6.45, 7) is 0. The molecule has 1 aromatic rings. The highest BCUT2D eigenvalue weighted by Crippen LogP contribution is 2.10. The lowest BCUT2D eigenvalue weighted by Crippen LogP contribution is -2.20. The molecular weight excluding hydrogens is 214 g/mol. The Labute approximate surface area is 70.6 Å². The van der Waals surface area contributed by atoms with Crippen LogP contribution in [0.25, 0.3) is 0 Å². The van der Waals surface area contributed by atoms with Gasteiger partial charge in [0.05, 0.1) is 4.47 Å². The van der Waals surface area contributed by atoms with Crippen molar-refractivity contribution in [3.63, 3.8) is 0 Å². The van der Waals surface area contributed by atoms with Crippen molar-refractivity contribution < 1.29 is 10.0 Å². The molecule has 0 saturated carbocycles. The van der Waals surface area contributed by atoms with Crippen LogP contribution in [-0.2, 0) is 0 Å². The number of halogens is 1. The molecule has 0 aromatic carbocycles. The second kappa shape index (κ2) is 3.40. The Bertz CT molecular complexity index is 278. The Kier molecular flexibility index (Phi) is 2.50. The molecule has 1 aromatic heterocycles. The maximum atomic E-state index is 10.8. The number of hydrogen-bond donors (Lipinski definition) is 2. The quantitative estimate of drug-likeness (QED) is 0.527. The fourth-order valence-electron chi connectivity index (χ4n) is 0.533. The summed E-state index contributed by atoms with van der Waals surface area (Å²) in [5.74, 6) is -0.667. The van der Waals surface area contributed by atoms with Crippen LogP contribution in [0.5, 0.6) is 0 Å². The third-order valence-corrected chi connectivity index (χ3v) is 1.56. The number of amides is 1. The van der Waals surface area contributed by atoms with Crippen LogP contribution < -0.4 is 5.48 Å². The van der Waals surface area contributed by atoms with Crippen molar-refractivity contribution in [3.05, 3.63) is 22.7 Å². The van der Waals surface area contributed by atoms with Crippen molar-refractivity contribution >= 4 is 21.8 Å². The molecule has 2 N–H and O–H groups in total. The minimum atomic E-state index is -0.667. The van der Waals surface area contributed by atoms with Crippen molar-refractivity contribution in [2.24, 2.45) is 0 Å². The van der Waals surface area contributed by atoms with E-state index in [2.05, 4.69) is 25.9 Å². The number of carbonyl (C=O) groups excluding carboxylic acids is 1. The van der Waals surface area contributed by atoms with Gasteiger partial charge in [0, 0.05) is 6.20 Å². The molecule has 0 spiro atoms. The zero-order valence-electron chi connectivity index (χ0n) is 5.28. The Hall–Kier alpha value is -1.01. The minimum Gasteiger partial charge on any atom is -0.288 e. The summed E-state index contributed by atoms with van der Waals surface area (Å²) in [4.78, 5) is 18.0. The van der Waals surface area contributed by atoms with E-state index in [0.717, 1.165) is 0 Å². The van der Waals surface area contributed by atoms with Gasteiger partial charge in [-0.3, -0.25) is 10.0 Å². The van der Waals surface area contributed by atoms with Crippen LogP contribution in [0.3, 0.4) is 0 Å². The average Bonchev–Trinajstić information content (AvgIpc) is 2.04. The Morgan fingerprint density at radius 1 is 1.73 bits per heavy atom. The van der Waals surface area contributed by atoms with Gasteiger partial charge in [-0.05, 0) is 15.9 Å². The van der Waals surface area contributed by atoms with Crippen molar-refractivity contribution in [2.45, 2.75) is 0 Å². The lowest BCUT2D eigenvalue weighted by molar-refractivity contribution is 0.0699. The van der Waals surface area contributed by atoms with Gasteiger partial charge in [0.2, 0.25) is 0 Å². The monoisotopic (exact) mass is 217 g/mol. The van der Waals surface area contributed by atoms with Gasteiger partial charge in [-0.15, -0.1) is 0 Å². The first-order valence-corrected chi connectivity index (χ1v) is 3.45. The van der Waals surface area contributed by atoms with Gasteiger partial charge >= 0.3 is 0 Å². The van der Waals surface area contributed by atoms with Crippen LogP contribution in [-0.4, -0.2) is 21.1 Å². The first-order valence-electron chi connectivity index (χ1n) is 2.65. The second-order valence-corrected chi connectivity index (χ2v) is 2.51. The Balaban J connectivity index is 3.03. The molecule has 0 aliphatic heterocycles. The summed E-state index contributed by atoms with van der Waals surface area (Å²) < 4.78 is 0.437. The van der Waals surface area contributed by atoms with Gasteiger partial charge in [-0.25, -0.2) is 15.4 Å². The molecule has 1 rings (SSSR count). The van der Waals surface area contributed by atoms with Crippen molar-refractivity contribution in [1.82, 2.24) is 15.4 Å². The van der Waals surface area contributed by atoms with Gasteiger partial charge < -0.3 is 0 Å². The first-order chi connectivity index (χ1) is 5.25. The molecule has 5 nitrogen and oxygen atoms in total. The van der Waals surface area contributed by atoms with Gasteiger partial charge in [-0.1, -0.05) is 0 Å². The van der Waals surface area contributed by atoms with Crippen molar-refractivity contribution in [2.75, 3.05) is 0 Å². The van der Waals surface area contributed by atoms with E-state index in [0.29, 0.717) is 4.47 Å². The van der Waals surface area contributed by atoms with E-state index in [1.807, 2.05) is 0 Å². The topological polar surface area (TPSA) is 75.1 Å². The lowest BCUT2D eigenvalue weighted by atomic mass is 10.4. The van der Waals surface area contributed by atoms with Crippen LogP contribution in [0.4, 0.5) is 0 Å². The predicted octanol–water partition coefficient (Wildman–Crippen LogP) is 0.358. The third-order valence-electron chi connectivity index (χ3n) is 0.984. The molecule has 0 radical (unpaired) electrons. The molecule has 0 aliphatic rings. The van der Waals surface area contributed by atoms with Gasteiger partial charge in [0.1, 0.15) is 12.0 Å². The average molecular weight is 218 g/mol. The maximum Gasteiger partial charge on any atom is 0.294 e. The number of nitrogens with zero attached hydrogens (tertiary/aromatic N) is 2. The summed E-state index contributed by atoms with van der Waals surface area (Å²) in [6, 6.07) is 0. The number of aromatic nitrogens is 2. The summed E-state index contributed by atoms with van der Waals surface area (Å²) >= 11 is 3.04. The van der Waals surface area contributed by atoms with Crippen LogP contribution in [0.15, 0.2) is 17.0 Å². The fourth-order valence-corrected chi connectivity index (χ4v) is 0.933. The molecule has 0 aliphatic carbocycles. The molecule has 1 amide bonds. The van der Waals surface area contributed by atoms with E-state index in [1.54, 1.807) is 0 Å². The summed E-state index contributed by atoms with van der Waals surface area (Å²) in [6.07, 6.45) is 2.63. The van der Waals surface area contributed by atoms with Gasteiger partial charge in [0.15, 0.2) is 0 Å². The molecular formula is C5H4BrN3O2. The summed E-state index contributed by atoms with van der Waals surface area (Å²) in [5.41, 5.74) is 1.56. The highest BCUT2D eigenvalue weighted by Gasteiger charge is 2.08. The highest BCUT2D eigenvalue weighted by molar-refractivity contribution is 9.10. The van der Waals surface area contributed by atoms with Crippen LogP contribution in [0.1, 0.15) is 10.5 Å². The Morgan fingerprint density at radius 3 is 3.00 bits per heavy atom. The minimum absolute atomic E-state index is 0.0995. The second-order valence-electron chi connectivity index (χ2n) is 1.66. The van der Waals surface area contributed by atoms with E-state index in [1.165, 1.54) is 18.0 Å². The van der Waals surface area contributed by atoms with E-state index >= 15 is 0 Å². The van der Waals surface area contributed by atoms with Crippen molar-refractivity contribution in [1.29, 1.82) is 0 Å². The fraction of sp³-hybridized carbons (Fsp3) is 0. The molecule has 1 heterocycles. The molecule has 6 heteroatoms. The zero-order valence-corrected chi connectivity index (χ0v) is 6.87. The van der Waals surface area contributed by atoms with E-state index < -0.39 is 5.91 Å². The largest absolute Gasteiger partial charge is 0.294 e. The molecule has 0 atom stereocenters. The summed E-state index contributed by atoms with van der Waals surface area (Å²) in [5, 5.41) is 8.23. The number of rotatable bonds is 1. The molecule has 58 valence electrons. The van der Waals surface area contributed by atoms with Crippen LogP contribution in [0.2, 0.25) is 0 Å². The van der Waals surface area contributed by atoms with Gasteiger partial charge in [-0.2, -0.15) is 0 Å². The van der Waals surface area contributed by atoms with E-state index in [4.69, 9.17) is 5.21 Å². The van der Waals surface area contributed by atoms with Crippen LogP contribution >= 0.6 is 15.9 Å². The maximum absolute atomic E-state index is 10.8. The van der Waals surface area contributed by atoms with E-state index in [-0.39, 0.29) is 5.69 Å². The van der Waals surface area contributed by atoms with Gasteiger partial charge in [0.25, 0.3) is 5.91 Å². The predicted molar refractivity (Wildman–Crippen MR) is 39.0 cm³/mol. The number of hydroxylamine groups is 1. The van der Waals surface area contributed by atoms with Crippen LogP contribution in [0, 0.1) is 0 Å². The van der Waals surface area contributed by atoms with Crippen molar-refractivity contribution in [3.8, 4) is 0 Å². The standard InChI is InChI=1S/C5H4BrN3O2/c6-3-1-7-2-8-4(3)5(10)9-11/h1-2,11H,(H,9,10). The normalized spacial score (nSPS) is 9.27. The SMILES string of the molecule is O=C(NO)c1ncncc1Br. The molecule has 0 unspecified atom stereocenters. The number of nitrogens with one attached hydrogen (secondary N) is 1. The smallest absolute Gasteiger partial charge is 0.288 e. The molecule has 0 saturated heterocycles. The first kappa shape index (κ1) is 8.09. The summed E-state index contributed by atoms with van der Waals surface area (Å²) in [7, 11) is 0. The molecule has 0 fully saturated rings. The number of carbonyl (C=O) groups is 1. The molecule has 11 heavy (non-hydrogen) atoms. The lowest BCUT2D eigenvalue weighted by Gasteiger charge is -1.97. The Morgan fingerprint density at radius 2 is 2.45 bits per heavy atom. The third kappa shape index (κ3) is 1.72. The zero-order chi connectivity index (χ0) is 8.27. The number of hydrogen-bond acceptors (Lipinski definition) is 4. The molecule has 0 bridgehead atoms. The highest BCUT2D eigenvalue weighted by atomic mass is 79.9.